The fraction of sp³-hybridized carbons (Fsp3) is 0.889. The molecule has 10 heteroatoms. The number of rotatable bonds is 9. The molecule has 0 aromatic carbocycles. The Kier molecular flexibility index (Phi) is 12.8. The van der Waals surface area contributed by atoms with Gasteiger partial charge in [0.15, 0.2) is 0 Å². The summed E-state index contributed by atoms with van der Waals surface area (Å²) < 4.78 is 0. The molecule has 0 aromatic rings. The van der Waals surface area contributed by atoms with Crippen LogP contribution >= 0.6 is 0 Å². The second kappa shape index (κ2) is 17.6. The molecule has 4 heterocycles. The zero-order chi connectivity index (χ0) is 38.1. The number of piperazine rings is 1. The van der Waals surface area contributed by atoms with Crippen molar-refractivity contribution < 1.29 is 24.6 Å². The summed E-state index contributed by atoms with van der Waals surface area (Å²) >= 11 is 0. The fourth-order valence-corrected chi connectivity index (χ4v) is 13.3. The molecule has 4 aliphatic carbocycles. The molecule has 8 aliphatic rings. The van der Waals surface area contributed by atoms with Crippen LogP contribution in [0.15, 0.2) is 11.1 Å². The molecule has 55 heavy (non-hydrogen) atoms. The average molecular weight is 764 g/mol. The summed E-state index contributed by atoms with van der Waals surface area (Å²) in [5, 5.41) is 24.6. The smallest absolute Gasteiger partial charge is 0.249 e. The lowest BCUT2D eigenvalue weighted by Crippen LogP contribution is -2.57. The van der Waals surface area contributed by atoms with E-state index >= 15 is 0 Å². The molecule has 10 nitrogen and oxygen atoms in total. The highest BCUT2D eigenvalue weighted by molar-refractivity contribution is 6.02. The van der Waals surface area contributed by atoms with Crippen molar-refractivity contribution >= 4 is 17.7 Å². The zero-order valence-electron chi connectivity index (χ0n) is 34.1. The van der Waals surface area contributed by atoms with Crippen LogP contribution < -0.4 is 5.32 Å². The topological polar surface area (TPSA) is 117 Å². The summed E-state index contributed by atoms with van der Waals surface area (Å²) in [7, 11) is 0. The van der Waals surface area contributed by atoms with E-state index in [9.17, 15) is 24.6 Å². The van der Waals surface area contributed by atoms with E-state index in [-0.39, 0.29) is 35.7 Å². The summed E-state index contributed by atoms with van der Waals surface area (Å²) in [5.41, 5.74) is 3.10. The van der Waals surface area contributed by atoms with E-state index < -0.39 is 11.6 Å². The first-order valence-electron chi connectivity index (χ1n) is 23.2. The van der Waals surface area contributed by atoms with Crippen LogP contribution in [0.25, 0.3) is 0 Å². The van der Waals surface area contributed by atoms with Crippen LogP contribution in [0.3, 0.4) is 0 Å². The summed E-state index contributed by atoms with van der Waals surface area (Å²) in [4.78, 5) is 47.2. The highest BCUT2D eigenvalue weighted by atomic mass is 16.3. The number of nitrogens with zero attached hydrogens (tertiary/aromatic N) is 4. The maximum Gasteiger partial charge on any atom is 0.249 e. The van der Waals surface area contributed by atoms with Gasteiger partial charge in [-0.15, -0.1) is 0 Å². The lowest BCUT2D eigenvalue weighted by atomic mass is 9.67. The first kappa shape index (κ1) is 40.0. The average Bonchev–Trinajstić information content (AvgIpc) is 3.53. The van der Waals surface area contributed by atoms with Crippen molar-refractivity contribution in [2.75, 3.05) is 52.4 Å². The van der Waals surface area contributed by atoms with Gasteiger partial charge in [0, 0.05) is 76.8 Å². The number of carbonyl (C=O) groups excluding carboxylic acids is 3. The third-order valence-corrected chi connectivity index (χ3v) is 16.4. The third-order valence-electron chi connectivity index (χ3n) is 16.4. The van der Waals surface area contributed by atoms with E-state index in [2.05, 4.69) is 26.9 Å². The van der Waals surface area contributed by atoms with Crippen molar-refractivity contribution in [3.05, 3.63) is 11.1 Å². The number of aliphatic hydroxyl groups excluding tert-OH is 1. The molecule has 8 rings (SSSR count). The molecule has 3 amide bonds. The number of nitrogens with one attached hydrogen (secondary N) is 1. The number of hydrogen-bond donors (Lipinski definition) is 3. The van der Waals surface area contributed by atoms with Crippen molar-refractivity contribution in [2.45, 2.75) is 172 Å². The molecular formula is C45H73N5O5. The highest BCUT2D eigenvalue weighted by Crippen LogP contribution is 2.47. The Bertz CT molecular complexity index is 1380. The number of aliphatic hydroxyl groups is 2. The maximum atomic E-state index is 13.3. The molecule has 4 atom stereocenters. The Balaban J connectivity index is 0.785. The number of carbonyl (C=O) groups is 3. The van der Waals surface area contributed by atoms with Crippen molar-refractivity contribution in [2.24, 2.45) is 29.6 Å². The van der Waals surface area contributed by atoms with Gasteiger partial charge in [-0.3, -0.25) is 29.5 Å². The molecular weight excluding hydrogens is 691 g/mol. The molecule has 3 N–H and O–H groups in total. The van der Waals surface area contributed by atoms with Crippen molar-refractivity contribution in [1.82, 2.24) is 24.9 Å². The number of hydrogen-bond acceptors (Lipinski definition) is 8. The number of allylic oxidation sites excluding steroid dienone is 2. The number of amides is 3. The van der Waals surface area contributed by atoms with E-state index in [0.717, 1.165) is 103 Å². The molecule has 0 bridgehead atoms. The number of β-amino-alcohol motifs (C(OH)–C–C–N with tert-alkyl or cyclic N) is 1. The van der Waals surface area contributed by atoms with Gasteiger partial charge in [-0.25, -0.2) is 0 Å². The standard InChI is InChI=1S/C45H73N5O5/c1-2-38(31-6-4-3-5-7-31)42(33-10-15-37(51)16-11-33)32-8-12-35(13-9-32)48-22-20-45(55,21-23-48)30-47-24-26-49(27-25-47)36-14-17-39-34(28-36)29-50(44(39)54)40-18-19-41(52)46-43(40)53/h31-37,39-40,51,55H,2-30H2,1H3,(H,46,52,53)/b42-38+. The van der Waals surface area contributed by atoms with Gasteiger partial charge in [-0.2, -0.15) is 0 Å². The Labute approximate surface area is 331 Å². The summed E-state index contributed by atoms with van der Waals surface area (Å²) in [6.07, 6.45) is 23.1. The number of fused-ring (bicyclic) bond motifs is 1. The minimum absolute atomic E-state index is 0.0185. The van der Waals surface area contributed by atoms with Crippen LogP contribution in [0.2, 0.25) is 0 Å². The minimum Gasteiger partial charge on any atom is -0.393 e. The normalized spacial score (nSPS) is 38.1. The molecule has 4 saturated carbocycles. The Morgan fingerprint density at radius 3 is 2.02 bits per heavy atom. The minimum atomic E-state index is -0.602. The number of imide groups is 1. The van der Waals surface area contributed by atoms with Gasteiger partial charge >= 0.3 is 0 Å². The van der Waals surface area contributed by atoms with Gasteiger partial charge in [0.1, 0.15) is 6.04 Å². The third kappa shape index (κ3) is 8.94. The molecule has 308 valence electrons. The van der Waals surface area contributed by atoms with E-state index in [0.29, 0.717) is 37.4 Å². The monoisotopic (exact) mass is 764 g/mol. The highest BCUT2D eigenvalue weighted by Gasteiger charge is 2.49. The fourth-order valence-electron chi connectivity index (χ4n) is 13.3. The first-order chi connectivity index (χ1) is 26.7. The van der Waals surface area contributed by atoms with Gasteiger partial charge in [0.05, 0.1) is 11.7 Å². The first-order valence-corrected chi connectivity index (χ1v) is 23.2. The summed E-state index contributed by atoms with van der Waals surface area (Å²) in [5.74, 6) is 2.12. The van der Waals surface area contributed by atoms with E-state index in [1.165, 1.54) is 77.0 Å². The van der Waals surface area contributed by atoms with Gasteiger partial charge in [0.2, 0.25) is 17.7 Å². The van der Waals surface area contributed by atoms with Gasteiger partial charge < -0.3 is 20.0 Å². The van der Waals surface area contributed by atoms with E-state index in [4.69, 9.17) is 0 Å². The van der Waals surface area contributed by atoms with E-state index in [1.54, 1.807) is 4.90 Å². The molecule has 0 aromatic heterocycles. The predicted molar refractivity (Wildman–Crippen MR) is 214 cm³/mol. The maximum absolute atomic E-state index is 13.3. The van der Waals surface area contributed by atoms with Crippen LogP contribution in [0.1, 0.15) is 142 Å². The Hall–Kier alpha value is -1.85. The van der Waals surface area contributed by atoms with Crippen molar-refractivity contribution in [3.63, 3.8) is 0 Å². The van der Waals surface area contributed by atoms with Crippen LogP contribution in [0, 0.1) is 29.6 Å². The van der Waals surface area contributed by atoms with E-state index in [1.807, 2.05) is 11.1 Å². The van der Waals surface area contributed by atoms with Crippen LogP contribution in [0.5, 0.6) is 0 Å². The quantitative estimate of drug-likeness (QED) is 0.215. The van der Waals surface area contributed by atoms with Crippen molar-refractivity contribution in [3.8, 4) is 0 Å². The lowest BCUT2D eigenvalue weighted by Gasteiger charge is -2.47. The van der Waals surface area contributed by atoms with Gasteiger partial charge in [0.25, 0.3) is 0 Å². The molecule has 4 saturated heterocycles. The van der Waals surface area contributed by atoms with Crippen LogP contribution in [-0.4, -0.2) is 130 Å². The molecule has 4 aliphatic heterocycles. The largest absolute Gasteiger partial charge is 0.393 e. The second-order valence-corrected chi connectivity index (χ2v) is 19.5. The summed E-state index contributed by atoms with van der Waals surface area (Å²) in [6.45, 7) is 9.85. The Morgan fingerprint density at radius 2 is 1.36 bits per heavy atom. The lowest BCUT2D eigenvalue weighted by molar-refractivity contribution is -0.144. The zero-order valence-corrected chi connectivity index (χ0v) is 34.1. The van der Waals surface area contributed by atoms with Crippen LogP contribution in [-0.2, 0) is 14.4 Å². The van der Waals surface area contributed by atoms with Gasteiger partial charge in [-0.05, 0) is 133 Å². The number of piperidine rings is 2. The predicted octanol–water partition coefficient (Wildman–Crippen LogP) is 5.26. The van der Waals surface area contributed by atoms with Crippen LogP contribution in [0.4, 0.5) is 0 Å². The van der Waals surface area contributed by atoms with Crippen molar-refractivity contribution in [1.29, 1.82) is 0 Å². The molecule has 4 unspecified atom stereocenters. The molecule has 0 spiro atoms. The Morgan fingerprint density at radius 1 is 0.727 bits per heavy atom. The SMILES string of the molecule is CC/C(=C(\C1CCC(O)CC1)C1CCC(N2CCC(O)(CN3CCN(C4CCC5C(=O)N(C6CCC(=O)NC6=O)CC5C4)CC3)CC2)CC1)C1CCCCC1. The van der Waals surface area contributed by atoms with Gasteiger partial charge in [-0.1, -0.05) is 37.3 Å². The molecule has 8 fully saturated rings. The number of likely N-dealkylation sites (tertiary alicyclic amines) is 2. The molecule has 0 radical (unpaired) electrons. The second-order valence-electron chi connectivity index (χ2n) is 19.5. The summed E-state index contributed by atoms with van der Waals surface area (Å²) in [6, 6.07) is 0.635.